The minimum absolute atomic E-state index is 0.201. The van der Waals surface area contributed by atoms with E-state index in [1.807, 2.05) is 0 Å². The molecule has 1 aliphatic heterocycles. The third kappa shape index (κ3) is 3.06. The van der Waals surface area contributed by atoms with Crippen molar-refractivity contribution in [1.82, 2.24) is 5.32 Å². The molecular weight excluding hydrogens is 189 g/mol. The molecule has 0 aliphatic carbocycles. The predicted molar refractivity (Wildman–Crippen MR) is 61.3 cm³/mol. The third-order valence-corrected chi connectivity index (χ3v) is 2.45. The van der Waals surface area contributed by atoms with Crippen molar-refractivity contribution < 1.29 is 9.31 Å². The van der Waals surface area contributed by atoms with Gasteiger partial charge in [0.2, 0.25) is 0 Å². The van der Waals surface area contributed by atoms with E-state index in [0.717, 1.165) is 18.6 Å². The SMILES string of the molecule is Cc1ccc(B2OCCNCCO2)cc1. The lowest BCUT2D eigenvalue weighted by molar-refractivity contribution is 0.187. The molecule has 15 heavy (non-hydrogen) atoms. The van der Waals surface area contributed by atoms with Gasteiger partial charge in [-0.05, 0) is 12.4 Å². The van der Waals surface area contributed by atoms with E-state index < -0.39 is 0 Å². The molecule has 0 atom stereocenters. The molecule has 0 saturated carbocycles. The Bertz CT molecular complexity index is 294. The number of rotatable bonds is 1. The minimum Gasteiger partial charge on any atom is -0.406 e. The van der Waals surface area contributed by atoms with Gasteiger partial charge in [0, 0.05) is 26.3 Å². The Hall–Kier alpha value is -0.835. The van der Waals surface area contributed by atoms with Crippen LogP contribution in [0.1, 0.15) is 5.56 Å². The van der Waals surface area contributed by atoms with Crippen LogP contribution < -0.4 is 10.8 Å². The Labute approximate surface area is 90.9 Å². The van der Waals surface area contributed by atoms with E-state index in [1.165, 1.54) is 5.56 Å². The highest BCUT2D eigenvalue weighted by molar-refractivity contribution is 6.61. The van der Waals surface area contributed by atoms with Crippen molar-refractivity contribution in [3.8, 4) is 0 Å². The normalized spacial score (nSPS) is 18.3. The second-order valence-corrected chi connectivity index (χ2v) is 3.73. The first-order valence-electron chi connectivity index (χ1n) is 5.37. The van der Waals surface area contributed by atoms with Gasteiger partial charge >= 0.3 is 7.12 Å². The summed E-state index contributed by atoms with van der Waals surface area (Å²) in [6, 6.07) is 8.29. The molecule has 1 N–H and O–H groups in total. The quantitative estimate of drug-likeness (QED) is 0.670. The van der Waals surface area contributed by atoms with Gasteiger partial charge in [-0.2, -0.15) is 0 Å². The third-order valence-electron chi connectivity index (χ3n) is 2.45. The molecule has 80 valence electrons. The Balaban J connectivity index is 2.03. The van der Waals surface area contributed by atoms with Crippen molar-refractivity contribution in [2.24, 2.45) is 0 Å². The topological polar surface area (TPSA) is 30.5 Å². The average Bonchev–Trinajstić information content (AvgIpc) is 2.19. The fourth-order valence-electron chi connectivity index (χ4n) is 1.57. The van der Waals surface area contributed by atoms with Crippen molar-refractivity contribution in [2.75, 3.05) is 26.3 Å². The average molecular weight is 205 g/mol. The van der Waals surface area contributed by atoms with Crippen molar-refractivity contribution in [3.63, 3.8) is 0 Å². The van der Waals surface area contributed by atoms with Crippen LogP contribution in [0, 0.1) is 6.92 Å². The van der Waals surface area contributed by atoms with Gasteiger partial charge in [-0.15, -0.1) is 0 Å². The van der Waals surface area contributed by atoms with E-state index in [1.54, 1.807) is 0 Å². The zero-order valence-electron chi connectivity index (χ0n) is 9.03. The Morgan fingerprint density at radius 2 is 1.67 bits per heavy atom. The lowest BCUT2D eigenvalue weighted by atomic mass is 9.78. The summed E-state index contributed by atoms with van der Waals surface area (Å²) in [6.45, 7) is 5.25. The van der Waals surface area contributed by atoms with Crippen LogP contribution in [-0.2, 0) is 9.31 Å². The second-order valence-electron chi connectivity index (χ2n) is 3.73. The number of nitrogens with one attached hydrogen (secondary N) is 1. The molecule has 0 bridgehead atoms. The first kappa shape index (κ1) is 10.7. The van der Waals surface area contributed by atoms with E-state index in [2.05, 4.69) is 36.5 Å². The smallest absolute Gasteiger partial charge is 0.406 e. The minimum atomic E-state index is -0.201. The largest absolute Gasteiger partial charge is 0.493 e. The molecule has 1 aromatic carbocycles. The summed E-state index contributed by atoms with van der Waals surface area (Å²) in [6.07, 6.45) is 0. The monoisotopic (exact) mass is 205 g/mol. The standard InChI is InChI=1S/C11H16BNO2/c1-10-2-4-11(5-3-10)12-14-8-6-13-7-9-15-12/h2-5,13H,6-9H2,1H3. The van der Waals surface area contributed by atoms with Crippen LogP contribution in [0.2, 0.25) is 0 Å². The molecule has 0 spiro atoms. The van der Waals surface area contributed by atoms with Crippen LogP contribution in [0.4, 0.5) is 0 Å². The van der Waals surface area contributed by atoms with Gasteiger partial charge in [0.1, 0.15) is 0 Å². The highest BCUT2D eigenvalue weighted by atomic mass is 16.6. The summed E-state index contributed by atoms with van der Waals surface area (Å²) in [5.74, 6) is 0. The van der Waals surface area contributed by atoms with Gasteiger partial charge < -0.3 is 14.6 Å². The van der Waals surface area contributed by atoms with Gasteiger partial charge in [-0.1, -0.05) is 29.8 Å². The van der Waals surface area contributed by atoms with Crippen LogP contribution in [-0.4, -0.2) is 33.4 Å². The Morgan fingerprint density at radius 3 is 2.27 bits per heavy atom. The molecule has 1 aromatic rings. The van der Waals surface area contributed by atoms with Crippen LogP contribution in [0.3, 0.4) is 0 Å². The molecule has 1 fully saturated rings. The van der Waals surface area contributed by atoms with Crippen LogP contribution in [0.25, 0.3) is 0 Å². The van der Waals surface area contributed by atoms with Crippen LogP contribution in [0.5, 0.6) is 0 Å². The van der Waals surface area contributed by atoms with Crippen molar-refractivity contribution >= 4 is 12.6 Å². The van der Waals surface area contributed by atoms with Gasteiger partial charge in [-0.3, -0.25) is 0 Å². The molecule has 0 unspecified atom stereocenters. The maximum atomic E-state index is 5.62. The van der Waals surface area contributed by atoms with Crippen molar-refractivity contribution in [1.29, 1.82) is 0 Å². The molecule has 0 aromatic heterocycles. The van der Waals surface area contributed by atoms with Gasteiger partial charge in [0.25, 0.3) is 0 Å². The van der Waals surface area contributed by atoms with E-state index in [9.17, 15) is 0 Å². The maximum Gasteiger partial charge on any atom is 0.493 e. The fraction of sp³-hybridized carbons (Fsp3) is 0.455. The van der Waals surface area contributed by atoms with Gasteiger partial charge in [0.05, 0.1) is 0 Å². The molecule has 1 aliphatic rings. The summed E-state index contributed by atoms with van der Waals surface area (Å²) in [5, 5.41) is 3.22. The number of benzene rings is 1. The summed E-state index contributed by atoms with van der Waals surface area (Å²) < 4.78 is 11.2. The summed E-state index contributed by atoms with van der Waals surface area (Å²) in [5.41, 5.74) is 2.36. The van der Waals surface area contributed by atoms with Crippen molar-refractivity contribution in [2.45, 2.75) is 6.92 Å². The van der Waals surface area contributed by atoms with Gasteiger partial charge in [0.15, 0.2) is 0 Å². The highest BCUT2D eigenvalue weighted by Gasteiger charge is 2.21. The van der Waals surface area contributed by atoms with E-state index in [4.69, 9.17) is 9.31 Å². The number of aryl methyl sites for hydroxylation is 1. The first-order chi connectivity index (χ1) is 7.36. The molecular formula is C11H16BNO2. The van der Waals surface area contributed by atoms with Gasteiger partial charge in [-0.25, -0.2) is 0 Å². The molecule has 1 saturated heterocycles. The molecule has 0 amide bonds. The van der Waals surface area contributed by atoms with E-state index in [0.29, 0.717) is 13.2 Å². The Morgan fingerprint density at radius 1 is 1.07 bits per heavy atom. The second kappa shape index (κ2) is 5.30. The molecule has 1 heterocycles. The van der Waals surface area contributed by atoms with E-state index >= 15 is 0 Å². The number of hydrogen-bond acceptors (Lipinski definition) is 3. The molecule has 4 heteroatoms. The predicted octanol–water partition coefficient (Wildman–Crippen LogP) is 0.327. The molecule has 2 rings (SSSR count). The summed E-state index contributed by atoms with van der Waals surface area (Å²) in [7, 11) is -0.201. The zero-order chi connectivity index (χ0) is 10.5. The zero-order valence-corrected chi connectivity index (χ0v) is 9.03. The summed E-state index contributed by atoms with van der Waals surface area (Å²) >= 11 is 0. The lowest BCUT2D eigenvalue weighted by Crippen LogP contribution is -2.43. The molecule has 3 nitrogen and oxygen atoms in total. The maximum absolute atomic E-state index is 5.62. The van der Waals surface area contributed by atoms with Crippen LogP contribution >= 0.6 is 0 Å². The Kier molecular flexibility index (Phi) is 3.77. The van der Waals surface area contributed by atoms with E-state index in [-0.39, 0.29) is 7.12 Å². The lowest BCUT2D eigenvalue weighted by Gasteiger charge is -2.18. The number of hydrogen-bond donors (Lipinski definition) is 1. The van der Waals surface area contributed by atoms with Crippen molar-refractivity contribution in [3.05, 3.63) is 29.8 Å². The molecule has 0 radical (unpaired) electrons. The van der Waals surface area contributed by atoms with Crippen LogP contribution in [0.15, 0.2) is 24.3 Å². The summed E-state index contributed by atoms with van der Waals surface area (Å²) in [4.78, 5) is 0. The first-order valence-corrected chi connectivity index (χ1v) is 5.37. The fourth-order valence-corrected chi connectivity index (χ4v) is 1.57. The highest BCUT2D eigenvalue weighted by Crippen LogP contribution is 1.98.